The Labute approximate surface area is 224 Å². The number of thiazole rings is 1. The largest absolute Gasteiger partial charge is 0.282 e. The Kier molecular flexibility index (Phi) is 7.20. The van der Waals surface area contributed by atoms with E-state index < -0.39 is 16.1 Å². The van der Waals surface area contributed by atoms with Crippen molar-refractivity contribution in [3.8, 4) is 0 Å². The first-order valence-electron chi connectivity index (χ1n) is 11.7. The number of carbonyl (C=O) groups is 1. The van der Waals surface area contributed by atoms with E-state index in [2.05, 4.69) is 6.07 Å². The van der Waals surface area contributed by atoms with Crippen LogP contribution in [-0.4, -0.2) is 36.2 Å². The number of sulfonamides is 1. The summed E-state index contributed by atoms with van der Waals surface area (Å²) in [6.07, 6.45) is 1.96. The SMILES string of the molecule is Cc1ccc2sc(N(Cc3ccccc3)C(=O)C3CCCCN3S(=O)(=O)c3ccc(Cl)s3)nc2c1C. The molecule has 3 heterocycles. The Balaban J connectivity index is 1.56. The van der Waals surface area contributed by atoms with E-state index in [1.165, 1.54) is 21.7 Å². The second-order valence-electron chi connectivity index (χ2n) is 8.95. The third-order valence-electron chi connectivity index (χ3n) is 6.60. The van der Waals surface area contributed by atoms with Gasteiger partial charge in [0.25, 0.3) is 10.0 Å². The number of hydrogen-bond donors (Lipinski definition) is 0. The molecule has 188 valence electrons. The van der Waals surface area contributed by atoms with Gasteiger partial charge in [-0.25, -0.2) is 13.4 Å². The summed E-state index contributed by atoms with van der Waals surface area (Å²) in [4.78, 5) is 20.7. The number of carbonyl (C=O) groups excluding carboxylic acids is 1. The lowest BCUT2D eigenvalue weighted by Crippen LogP contribution is -2.52. The molecule has 5 rings (SSSR count). The van der Waals surface area contributed by atoms with Crippen LogP contribution in [0, 0.1) is 13.8 Å². The summed E-state index contributed by atoms with van der Waals surface area (Å²) in [5, 5.41) is 0.578. The zero-order valence-electron chi connectivity index (χ0n) is 20.0. The second kappa shape index (κ2) is 10.2. The molecular formula is C26H26ClN3O3S3. The zero-order valence-corrected chi connectivity index (χ0v) is 23.2. The predicted molar refractivity (Wildman–Crippen MR) is 148 cm³/mol. The van der Waals surface area contributed by atoms with Gasteiger partial charge in [0.2, 0.25) is 5.91 Å². The van der Waals surface area contributed by atoms with E-state index >= 15 is 0 Å². The maximum Gasteiger partial charge on any atom is 0.253 e. The first kappa shape index (κ1) is 25.4. The molecule has 36 heavy (non-hydrogen) atoms. The molecule has 1 atom stereocenters. The fraction of sp³-hybridized carbons (Fsp3) is 0.308. The average Bonchev–Trinajstić information content (AvgIpc) is 3.52. The van der Waals surface area contributed by atoms with E-state index in [1.807, 2.05) is 50.2 Å². The number of piperidine rings is 1. The zero-order chi connectivity index (χ0) is 25.4. The third-order valence-corrected chi connectivity index (χ3v) is 11.3. The standard InChI is InChI=1S/C26H26ClN3O3S3/c1-17-11-12-21-24(18(17)2)28-26(34-21)29(16-19-8-4-3-5-9-19)25(31)20-10-6-7-15-30(20)36(32,33)23-14-13-22(27)35-23/h3-5,8-9,11-14,20H,6-7,10,15-16H2,1-2H3. The average molecular weight is 560 g/mol. The highest BCUT2D eigenvalue weighted by atomic mass is 35.5. The van der Waals surface area contributed by atoms with Gasteiger partial charge in [-0.1, -0.05) is 65.8 Å². The Morgan fingerprint density at radius 1 is 1.08 bits per heavy atom. The van der Waals surface area contributed by atoms with Crippen molar-refractivity contribution in [3.05, 3.63) is 75.6 Å². The first-order valence-corrected chi connectivity index (χ1v) is 15.2. The van der Waals surface area contributed by atoms with E-state index in [0.717, 1.165) is 44.7 Å². The number of anilines is 1. The summed E-state index contributed by atoms with van der Waals surface area (Å²) in [5.74, 6) is -0.252. The summed E-state index contributed by atoms with van der Waals surface area (Å²) >= 11 is 8.52. The molecule has 10 heteroatoms. The van der Waals surface area contributed by atoms with Crippen molar-refractivity contribution in [2.45, 2.75) is 49.9 Å². The van der Waals surface area contributed by atoms with Gasteiger partial charge in [0.1, 0.15) is 10.3 Å². The summed E-state index contributed by atoms with van der Waals surface area (Å²) in [5.41, 5.74) is 4.05. The molecule has 1 aliphatic heterocycles. The monoisotopic (exact) mass is 559 g/mol. The quantitative estimate of drug-likeness (QED) is 0.274. The summed E-state index contributed by atoms with van der Waals surface area (Å²) < 4.78 is 30.0. The van der Waals surface area contributed by atoms with Crippen molar-refractivity contribution >= 4 is 65.6 Å². The molecule has 0 radical (unpaired) electrons. The smallest absolute Gasteiger partial charge is 0.253 e. The van der Waals surface area contributed by atoms with Crippen molar-refractivity contribution < 1.29 is 13.2 Å². The molecule has 1 fully saturated rings. The van der Waals surface area contributed by atoms with Crippen LogP contribution in [0.4, 0.5) is 5.13 Å². The molecule has 6 nitrogen and oxygen atoms in total. The molecule has 2 aromatic carbocycles. The number of fused-ring (bicyclic) bond motifs is 1. The van der Waals surface area contributed by atoms with E-state index in [9.17, 15) is 13.2 Å². The number of thiophene rings is 1. The van der Waals surface area contributed by atoms with Crippen molar-refractivity contribution in [1.29, 1.82) is 0 Å². The summed E-state index contributed by atoms with van der Waals surface area (Å²) in [6.45, 7) is 4.69. The molecule has 1 unspecified atom stereocenters. The van der Waals surface area contributed by atoms with Gasteiger partial charge in [0.05, 0.1) is 21.1 Å². The van der Waals surface area contributed by atoms with Gasteiger partial charge in [0, 0.05) is 6.54 Å². The van der Waals surface area contributed by atoms with Crippen LogP contribution in [-0.2, 0) is 21.4 Å². The van der Waals surface area contributed by atoms with Gasteiger partial charge in [-0.15, -0.1) is 11.3 Å². The molecule has 2 aromatic heterocycles. The number of aromatic nitrogens is 1. The number of benzene rings is 2. The number of halogens is 1. The van der Waals surface area contributed by atoms with Crippen LogP contribution in [0.5, 0.6) is 0 Å². The summed E-state index contributed by atoms with van der Waals surface area (Å²) in [7, 11) is -3.86. The van der Waals surface area contributed by atoms with Crippen LogP contribution in [0.1, 0.15) is 36.0 Å². The molecule has 1 saturated heterocycles. The number of aryl methyl sites for hydroxylation is 2. The topological polar surface area (TPSA) is 70.6 Å². The van der Waals surface area contributed by atoms with E-state index in [4.69, 9.17) is 16.6 Å². The van der Waals surface area contributed by atoms with Crippen LogP contribution in [0.3, 0.4) is 0 Å². The molecular weight excluding hydrogens is 534 g/mol. The number of nitrogens with zero attached hydrogens (tertiary/aromatic N) is 3. The van der Waals surface area contributed by atoms with Gasteiger partial charge in [0.15, 0.2) is 5.13 Å². The fourth-order valence-electron chi connectivity index (χ4n) is 4.51. The molecule has 0 spiro atoms. The Bertz CT molecular complexity index is 1520. The molecule has 0 aliphatic carbocycles. The lowest BCUT2D eigenvalue weighted by Gasteiger charge is -2.35. The Morgan fingerprint density at radius 2 is 1.86 bits per heavy atom. The van der Waals surface area contributed by atoms with Crippen LogP contribution in [0.2, 0.25) is 4.34 Å². The van der Waals surface area contributed by atoms with Crippen molar-refractivity contribution in [2.75, 3.05) is 11.4 Å². The van der Waals surface area contributed by atoms with Gasteiger partial charge in [-0.05, 0) is 61.6 Å². The van der Waals surface area contributed by atoms with Crippen molar-refractivity contribution in [2.24, 2.45) is 0 Å². The van der Waals surface area contributed by atoms with E-state index in [1.54, 1.807) is 11.0 Å². The predicted octanol–water partition coefficient (Wildman–Crippen LogP) is 6.40. The van der Waals surface area contributed by atoms with Gasteiger partial charge in [-0.2, -0.15) is 4.31 Å². The van der Waals surface area contributed by atoms with Crippen LogP contribution in [0.25, 0.3) is 10.2 Å². The van der Waals surface area contributed by atoms with Gasteiger partial charge >= 0.3 is 0 Å². The second-order valence-corrected chi connectivity index (χ2v) is 13.8. The third kappa shape index (κ3) is 4.82. The molecule has 4 aromatic rings. The van der Waals surface area contributed by atoms with Gasteiger partial charge in [-0.3, -0.25) is 9.69 Å². The minimum Gasteiger partial charge on any atom is -0.282 e. The highest BCUT2D eigenvalue weighted by molar-refractivity contribution is 7.91. The molecule has 0 N–H and O–H groups in total. The molecule has 0 bridgehead atoms. The minimum absolute atomic E-state index is 0.160. The maximum absolute atomic E-state index is 14.2. The number of hydrogen-bond acceptors (Lipinski definition) is 6. The number of amides is 1. The molecule has 0 saturated carbocycles. The van der Waals surface area contributed by atoms with Crippen LogP contribution in [0.15, 0.2) is 58.8 Å². The lowest BCUT2D eigenvalue weighted by molar-refractivity contribution is -0.123. The number of rotatable bonds is 6. The molecule has 1 aliphatic rings. The highest BCUT2D eigenvalue weighted by Crippen LogP contribution is 2.36. The Hall–Kier alpha value is -2.30. The van der Waals surface area contributed by atoms with Gasteiger partial charge < -0.3 is 0 Å². The highest BCUT2D eigenvalue weighted by Gasteiger charge is 2.41. The minimum atomic E-state index is -3.86. The van der Waals surface area contributed by atoms with Crippen LogP contribution < -0.4 is 4.90 Å². The fourth-order valence-corrected chi connectivity index (χ4v) is 8.80. The lowest BCUT2D eigenvalue weighted by atomic mass is 10.0. The summed E-state index contributed by atoms with van der Waals surface area (Å²) in [6, 6.07) is 16.1. The van der Waals surface area contributed by atoms with Crippen molar-refractivity contribution in [1.82, 2.24) is 9.29 Å². The van der Waals surface area contributed by atoms with Crippen LogP contribution >= 0.6 is 34.3 Å². The maximum atomic E-state index is 14.2. The molecule has 1 amide bonds. The van der Waals surface area contributed by atoms with E-state index in [-0.39, 0.29) is 10.1 Å². The Morgan fingerprint density at radius 3 is 2.58 bits per heavy atom. The van der Waals surface area contributed by atoms with E-state index in [0.29, 0.717) is 35.4 Å². The normalized spacial score (nSPS) is 16.9. The first-order chi connectivity index (χ1) is 17.3. The van der Waals surface area contributed by atoms with Crippen molar-refractivity contribution in [3.63, 3.8) is 0 Å².